The normalized spacial score (nSPS) is 11.9. The van der Waals surface area contributed by atoms with Crippen molar-refractivity contribution in [2.45, 2.75) is 19.8 Å². The van der Waals surface area contributed by atoms with Gasteiger partial charge in [-0.3, -0.25) is 4.98 Å². The van der Waals surface area contributed by atoms with Crippen LogP contribution in [0.2, 0.25) is 0 Å². The average Bonchev–Trinajstić information content (AvgIpc) is 2.38. The molecule has 0 fully saturated rings. The van der Waals surface area contributed by atoms with Crippen LogP contribution in [0.1, 0.15) is 19.0 Å². The number of hydrogen-bond acceptors (Lipinski definition) is 3. The average molecular weight is 335 g/mol. The van der Waals surface area contributed by atoms with Crippen LogP contribution >= 0.6 is 15.9 Å². The monoisotopic (exact) mass is 334 g/mol. The third-order valence-corrected chi connectivity index (χ3v) is 5.14. The third kappa shape index (κ3) is 5.04. The van der Waals surface area contributed by atoms with Gasteiger partial charge in [-0.1, -0.05) is 28.9 Å². The molecule has 0 atom stereocenters. The highest BCUT2D eigenvalue weighted by atomic mass is 79.9. The predicted octanol–water partition coefficient (Wildman–Crippen LogP) is 2.06. The molecule has 18 heavy (non-hydrogen) atoms. The van der Waals surface area contributed by atoms with Crippen molar-refractivity contribution in [1.82, 2.24) is 9.29 Å². The molecule has 0 unspecified atom stereocenters. The molecule has 0 radical (unpaired) electrons. The summed E-state index contributed by atoms with van der Waals surface area (Å²) in [6.07, 6.45) is 2.98. The van der Waals surface area contributed by atoms with Crippen LogP contribution in [0.25, 0.3) is 0 Å². The SMILES string of the molecule is CCN(CCCBr)S(=O)(=O)CCc1ccccn1. The zero-order chi connectivity index (χ0) is 13.4. The summed E-state index contributed by atoms with van der Waals surface area (Å²) in [7, 11) is -3.17. The lowest BCUT2D eigenvalue weighted by molar-refractivity contribution is 0.428. The van der Waals surface area contributed by atoms with E-state index in [4.69, 9.17) is 0 Å². The highest BCUT2D eigenvalue weighted by molar-refractivity contribution is 9.09. The Morgan fingerprint density at radius 1 is 1.39 bits per heavy atom. The topological polar surface area (TPSA) is 50.3 Å². The fourth-order valence-corrected chi connectivity index (χ4v) is 3.42. The zero-order valence-corrected chi connectivity index (χ0v) is 13.0. The number of hydrogen-bond donors (Lipinski definition) is 0. The maximum Gasteiger partial charge on any atom is 0.214 e. The van der Waals surface area contributed by atoms with Gasteiger partial charge in [-0.15, -0.1) is 0 Å². The minimum atomic E-state index is -3.17. The summed E-state index contributed by atoms with van der Waals surface area (Å²) in [4.78, 5) is 4.14. The number of halogens is 1. The molecular formula is C12H19BrN2O2S. The van der Waals surface area contributed by atoms with E-state index in [1.54, 1.807) is 6.20 Å². The van der Waals surface area contributed by atoms with Crippen LogP contribution in [0.5, 0.6) is 0 Å². The van der Waals surface area contributed by atoms with Crippen molar-refractivity contribution in [1.29, 1.82) is 0 Å². The fraction of sp³-hybridized carbons (Fsp3) is 0.583. The first-order valence-corrected chi connectivity index (χ1v) is 8.77. The molecule has 0 aliphatic carbocycles. The molecule has 0 aliphatic rings. The second-order valence-electron chi connectivity index (χ2n) is 3.92. The summed E-state index contributed by atoms with van der Waals surface area (Å²) < 4.78 is 25.8. The Labute approximate surface area is 118 Å². The Kier molecular flexibility index (Phi) is 6.81. The molecule has 0 aromatic carbocycles. The molecule has 0 saturated carbocycles. The first-order chi connectivity index (χ1) is 8.60. The quantitative estimate of drug-likeness (QED) is 0.684. The standard InChI is InChI=1S/C12H19BrN2O2S/c1-2-15(10-5-8-13)18(16,17)11-7-12-6-3-4-9-14-12/h3-4,6,9H,2,5,7-8,10-11H2,1H3. The Morgan fingerprint density at radius 3 is 2.72 bits per heavy atom. The van der Waals surface area contributed by atoms with E-state index in [0.717, 1.165) is 17.4 Å². The van der Waals surface area contributed by atoms with Crippen molar-refractivity contribution in [2.75, 3.05) is 24.2 Å². The Hall–Kier alpha value is -0.460. The first-order valence-electron chi connectivity index (χ1n) is 6.04. The van der Waals surface area contributed by atoms with Crippen LogP contribution in [0.15, 0.2) is 24.4 Å². The number of sulfonamides is 1. The minimum Gasteiger partial charge on any atom is -0.261 e. The molecule has 0 aliphatic heterocycles. The van der Waals surface area contributed by atoms with Crippen molar-refractivity contribution in [2.24, 2.45) is 0 Å². The fourth-order valence-electron chi connectivity index (χ4n) is 1.64. The van der Waals surface area contributed by atoms with Gasteiger partial charge in [-0.25, -0.2) is 12.7 Å². The van der Waals surface area contributed by atoms with Crippen LogP contribution in [0.4, 0.5) is 0 Å². The molecule has 0 saturated heterocycles. The number of pyridine rings is 1. The van der Waals surface area contributed by atoms with Crippen LogP contribution < -0.4 is 0 Å². The summed E-state index contributed by atoms with van der Waals surface area (Å²) in [5.74, 6) is 0.125. The smallest absolute Gasteiger partial charge is 0.214 e. The maximum atomic E-state index is 12.1. The van der Waals surface area contributed by atoms with Crippen molar-refractivity contribution in [3.63, 3.8) is 0 Å². The second-order valence-corrected chi connectivity index (χ2v) is 6.80. The number of nitrogens with zero attached hydrogens (tertiary/aromatic N) is 2. The zero-order valence-electron chi connectivity index (χ0n) is 10.5. The molecular weight excluding hydrogens is 316 g/mol. The van der Waals surface area contributed by atoms with Gasteiger partial charge in [0.25, 0.3) is 0 Å². The van der Waals surface area contributed by atoms with E-state index < -0.39 is 10.0 Å². The van der Waals surface area contributed by atoms with E-state index in [2.05, 4.69) is 20.9 Å². The van der Waals surface area contributed by atoms with Gasteiger partial charge < -0.3 is 0 Å². The van der Waals surface area contributed by atoms with Gasteiger partial charge in [-0.2, -0.15) is 0 Å². The lowest BCUT2D eigenvalue weighted by atomic mass is 10.3. The highest BCUT2D eigenvalue weighted by Crippen LogP contribution is 2.06. The van der Waals surface area contributed by atoms with Crippen LogP contribution in [0.3, 0.4) is 0 Å². The van der Waals surface area contributed by atoms with Gasteiger partial charge >= 0.3 is 0 Å². The van der Waals surface area contributed by atoms with E-state index >= 15 is 0 Å². The summed E-state index contributed by atoms with van der Waals surface area (Å²) in [6, 6.07) is 5.55. The van der Waals surface area contributed by atoms with E-state index in [9.17, 15) is 8.42 Å². The third-order valence-electron chi connectivity index (χ3n) is 2.63. The van der Waals surface area contributed by atoms with E-state index in [0.29, 0.717) is 19.5 Å². The predicted molar refractivity (Wildman–Crippen MR) is 77.4 cm³/mol. The van der Waals surface area contributed by atoms with Crippen molar-refractivity contribution >= 4 is 26.0 Å². The Bertz CT molecular complexity index is 437. The van der Waals surface area contributed by atoms with Gasteiger partial charge in [-0.05, 0) is 18.6 Å². The minimum absolute atomic E-state index is 0.125. The molecule has 1 aromatic heterocycles. The lowest BCUT2D eigenvalue weighted by Crippen LogP contribution is -2.34. The van der Waals surface area contributed by atoms with E-state index in [1.807, 2.05) is 25.1 Å². The van der Waals surface area contributed by atoms with E-state index in [1.165, 1.54) is 4.31 Å². The van der Waals surface area contributed by atoms with Gasteiger partial charge in [0.15, 0.2) is 0 Å². The van der Waals surface area contributed by atoms with Crippen LogP contribution in [0, 0.1) is 0 Å². The van der Waals surface area contributed by atoms with E-state index in [-0.39, 0.29) is 5.75 Å². The molecule has 6 heteroatoms. The van der Waals surface area contributed by atoms with Gasteiger partial charge in [0, 0.05) is 36.7 Å². The molecule has 1 rings (SSSR count). The summed E-state index contributed by atoms with van der Waals surface area (Å²) in [5.41, 5.74) is 0.817. The first kappa shape index (κ1) is 15.6. The van der Waals surface area contributed by atoms with Gasteiger partial charge in [0.05, 0.1) is 5.75 Å². The number of aromatic nitrogens is 1. The molecule has 102 valence electrons. The molecule has 0 spiro atoms. The summed E-state index contributed by atoms with van der Waals surface area (Å²) in [6.45, 7) is 2.97. The molecule has 0 N–H and O–H groups in total. The second kappa shape index (κ2) is 7.86. The molecule has 0 amide bonds. The molecule has 0 bridgehead atoms. The van der Waals surface area contributed by atoms with Crippen molar-refractivity contribution in [3.05, 3.63) is 30.1 Å². The van der Waals surface area contributed by atoms with Crippen LogP contribution in [-0.2, 0) is 16.4 Å². The number of alkyl halides is 1. The number of aryl methyl sites for hydroxylation is 1. The molecule has 1 heterocycles. The Balaban J connectivity index is 2.57. The summed E-state index contributed by atoms with van der Waals surface area (Å²) >= 11 is 3.32. The largest absolute Gasteiger partial charge is 0.261 e. The highest BCUT2D eigenvalue weighted by Gasteiger charge is 2.19. The van der Waals surface area contributed by atoms with Crippen LogP contribution in [-0.4, -0.2) is 41.9 Å². The van der Waals surface area contributed by atoms with Gasteiger partial charge in [0.1, 0.15) is 0 Å². The van der Waals surface area contributed by atoms with Gasteiger partial charge in [0.2, 0.25) is 10.0 Å². The Morgan fingerprint density at radius 2 is 2.17 bits per heavy atom. The molecule has 4 nitrogen and oxygen atoms in total. The lowest BCUT2D eigenvalue weighted by Gasteiger charge is -2.19. The van der Waals surface area contributed by atoms with Crippen molar-refractivity contribution < 1.29 is 8.42 Å². The number of rotatable bonds is 8. The van der Waals surface area contributed by atoms with Crippen molar-refractivity contribution in [3.8, 4) is 0 Å². The maximum absolute atomic E-state index is 12.1. The summed E-state index contributed by atoms with van der Waals surface area (Å²) in [5, 5.41) is 0.819. The molecule has 1 aromatic rings.